The predicted molar refractivity (Wildman–Crippen MR) is 110 cm³/mol. The van der Waals surface area contributed by atoms with Crippen molar-refractivity contribution in [1.82, 2.24) is 19.7 Å². The van der Waals surface area contributed by atoms with E-state index in [0.717, 1.165) is 36.7 Å². The van der Waals surface area contributed by atoms with Gasteiger partial charge in [0.05, 0.1) is 34.9 Å². The fourth-order valence-corrected chi connectivity index (χ4v) is 5.07. The largest absolute Gasteiger partial charge is 0.490 e. The maximum absolute atomic E-state index is 12.4. The molecule has 1 unspecified atom stereocenters. The maximum Gasteiger partial charge on any atom is 0.490 e. The van der Waals surface area contributed by atoms with Crippen LogP contribution < -0.4 is 0 Å². The Labute approximate surface area is 186 Å². The van der Waals surface area contributed by atoms with Gasteiger partial charge in [0, 0.05) is 37.8 Å². The van der Waals surface area contributed by atoms with Crippen LogP contribution in [-0.2, 0) is 23.2 Å². The zero-order chi connectivity index (χ0) is 23.5. The van der Waals surface area contributed by atoms with Crippen LogP contribution in [0.5, 0.6) is 0 Å². The van der Waals surface area contributed by atoms with E-state index >= 15 is 0 Å². The number of carboxylic acids is 1. The van der Waals surface area contributed by atoms with E-state index in [0.29, 0.717) is 12.2 Å². The van der Waals surface area contributed by atoms with Gasteiger partial charge in [0.25, 0.3) is 5.91 Å². The Kier molecular flexibility index (Phi) is 7.13. The van der Waals surface area contributed by atoms with E-state index in [-0.39, 0.29) is 16.8 Å². The number of thioether (sulfide) groups is 1. The molecule has 4 heterocycles. The van der Waals surface area contributed by atoms with E-state index in [1.54, 1.807) is 17.1 Å². The van der Waals surface area contributed by atoms with Crippen molar-refractivity contribution in [2.45, 2.75) is 37.0 Å². The zero-order valence-electron chi connectivity index (χ0n) is 17.5. The Morgan fingerprint density at radius 2 is 2.03 bits per heavy atom. The Morgan fingerprint density at radius 3 is 2.59 bits per heavy atom. The van der Waals surface area contributed by atoms with Crippen LogP contribution in [0, 0.1) is 6.92 Å². The number of carboxylic acid groups (broad SMARTS) is 1. The highest BCUT2D eigenvalue weighted by Gasteiger charge is 2.51. The predicted octanol–water partition coefficient (Wildman–Crippen LogP) is 2.67. The first-order chi connectivity index (χ1) is 15.0. The molecule has 4 rings (SSSR count). The monoisotopic (exact) mass is 472 g/mol. The molecule has 1 amide bonds. The number of halogens is 3. The Hall–Kier alpha value is -2.60. The van der Waals surface area contributed by atoms with Crippen molar-refractivity contribution in [2.24, 2.45) is 7.05 Å². The number of amides is 1. The van der Waals surface area contributed by atoms with E-state index in [2.05, 4.69) is 10.1 Å². The van der Waals surface area contributed by atoms with Crippen LogP contribution in [-0.4, -0.2) is 72.5 Å². The van der Waals surface area contributed by atoms with Crippen LogP contribution in [0.2, 0.25) is 0 Å². The summed E-state index contributed by atoms with van der Waals surface area (Å²) in [4.78, 5) is 27.7. The van der Waals surface area contributed by atoms with Gasteiger partial charge in [-0.05, 0) is 25.5 Å². The standard InChI is InChI=1S/C18H22N4O2S.C2HF3O2/c1-13-4-3-5-15(20-13)9-24-16-6-18(25-10-16)11-22(12-18)17(23)14-7-19-21(2)8-14;3-2(4,5)1(6)7/h3-5,7-8,16H,6,9-12H2,1-2H3;(H,6,7). The van der Waals surface area contributed by atoms with E-state index in [1.807, 2.05) is 48.8 Å². The second-order valence-corrected chi connectivity index (χ2v) is 9.26. The summed E-state index contributed by atoms with van der Waals surface area (Å²) >= 11 is 1.94. The summed E-state index contributed by atoms with van der Waals surface area (Å²) in [5, 5.41) is 11.2. The number of ether oxygens (including phenoxy) is 1. The minimum absolute atomic E-state index is 0.0765. The number of carbonyl (C=O) groups excluding carboxylic acids is 1. The topological polar surface area (TPSA) is 97.5 Å². The molecule has 8 nitrogen and oxygen atoms in total. The molecule has 1 atom stereocenters. The summed E-state index contributed by atoms with van der Waals surface area (Å²) < 4.78 is 39.6. The van der Waals surface area contributed by atoms with Crippen molar-refractivity contribution in [3.05, 3.63) is 47.5 Å². The van der Waals surface area contributed by atoms with Crippen molar-refractivity contribution in [3.63, 3.8) is 0 Å². The molecule has 0 aliphatic carbocycles. The SMILES string of the molecule is Cc1cccc(COC2CSC3(C2)CN(C(=O)c2cnn(C)c2)C3)n1.O=C(O)C(F)(F)F. The van der Waals surface area contributed by atoms with Crippen molar-refractivity contribution in [2.75, 3.05) is 18.8 Å². The first-order valence-electron chi connectivity index (χ1n) is 9.73. The number of alkyl halides is 3. The average molecular weight is 472 g/mol. The molecule has 2 fully saturated rings. The number of hydrogen-bond donors (Lipinski definition) is 1. The third kappa shape index (κ3) is 6.00. The van der Waals surface area contributed by atoms with Crippen LogP contribution in [0.15, 0.2) is 30.6 Å². The third-order valence-electron chi connectivity index (χ3n) is 5.03. The summed E-state index contributed by atoms with van der Waals surface area (Å²) in [6, 6.07) is 6.01. The Bertz CT molecular complexity index is 976. The van der Waals surface area contributed by atoms with Gasteiger partial charge in [0.1, 0.15) is 0 Å². The van der Waals surface area contributed by atoms with Gasteiger partial charge in [0.15, 0.2) is 0 Å². The summed E-state index contributed by atoms with van der Waals surface area (Å²) in [5.41, 5.74) is 2.66. The molecule has 2 aliphatic heterocycles. The van der Waals surface area contributed by atoms with Gasteiger partial charge < -0.3 is 14.7 Å². The summed E-state index contributed by atoms with van der Waals surface area (Å²) in [5.74, 6) is -1.69. The lowest BCUT2D eigenvalue weighted by Gasteiger charge is -2.47. The quantitative estimate of drug-likeness (QED) is 0.731. The van der Waals surface area contributed by atoms with Crippen LogP contribution in [0.25, 0.3) is 0 Å². The Morgan fingerprint density at radius 1 is 1.34 bits per heavy atom. The van der Waals surface area contributed by atoms with Crippen molar-refractivity contribution < 1.29 is 32.6 Å². The van der Waals surface area contributed by atoms with Gasteiger partial charge in [0.2, 0.25) is 0 Å². The summed E-state index contributed by atoms with van der Waals surface area (Å²) in [6.45, 7) is 4.15. The number of aromatic nitrogens is 3. The number of likely N-dealkylation sites (tertiary alicyclic amines) is 1. The molecule has 32 heavy (non-hydrogen) atoms. The molecule has 12 heteroatoms. The first-order valence-corrected chi connectivity index (χ1v) is 10.7. The lowest BCUT2D eigenvalue weighted by atomic mass is 9.92. The van der Waals surface area contributed by atoms with Gasteiger partial charge in [-0.1, -0.05) is 6.07 Å². The number of nitrogens with zero attached hydrogens (tertiary/aromatic N) is 4. The fourth-order valence-electron chi connectivity index (χ4n) is 3.52. The first kappa shape index (κ1) is 24.1. The van der Waals surface area contributed by atoms with E-state index in [9.17, 15) is 18.0 Å². The molecule has 0 saturated carbocycles. The van der Waals surface area contributed by atoms with E-state index < -0.39 is 12.1 Å². The molecule has 2 saturated heterocycles. The van der Waals surface area contributed by atoms with Crippen LogP contribution in [0.4, 0.5) is 13.2 Å². The normalized spacial score (nSPS) is 19.3. The van der Waals surface area contributed by atoms with Crippen LogP contribution in [0.1, 0.15) is 28.2 Å². The maximum atomic E-state index is 12.4. The number of rotatable bonds is 4. The highest BCUT2D eigenvalue weighted by molar-refractivity contribution is 8.01. The molecule has 2 aliphatic rings. The molecular weight excluding hydrogens is 449 g/mol. The summed E-state index contributed by atoms with van der Waals surface area (Å²) in [6.07, 6.45) is -0.436. The number of aliphatic carboxylic acids is 1. The number of hydrogen-bond acceptors (Lipinski definition) is 6. The van der Waals surface area contributed by atoms with Gasteiger partial charge in [-0.3, -0.25) is 14.5 Å². The molecule has 0 aromatic carbocycles. The zero-order valence-corrected chi connectivity index (χ0v) is 18.3. The fraction of sp³-hybridized carbons (Fsp3) is 0.500. The highest BCUT2D eigenvalue weighted by Crippen LogP contribution is 2.46. The molecule has 2 aromatic heterocycles. The van der Waals surface area contributed by atoms with E-state index in [1.165, 1.54) is 0 Å². The molecule has 0 radical (unpaired) electrons. The lowest BCUT2D eigenvalue weighted by Crippen LogP contribution is -2.60. The minimum Gasteiger partial charge on any atom is -0.475 e. The number of aryl methyl sites for hydroxylation is 2. The highest BCUT2D eigenvalue weighted by atomic mass is 32.2. The minimum atomic E-state index is -5.08. The third-order valence-corrected chi connectivity index (χ3v) is 6.60. The van der Waals surface area contributed by atoms with Crippen molar-refractivity contribution >= 4 is 23.6 Å². The molecule has 174 valence electrons. The van der Waals surface area contributed by atoms with Crippen LogP contribution >= 0.6 is 11.8 Å². The van der Waals surface area contributed by atoms with E-state index in [4.69, 9.17) is 14.6 Å². The van der Waals surface area contributed by atoms with Gasteiger partial charge in [-0.2, -0.15) is 18.3 Å². The Balaban J connectivity index is 0.000000360. The number of pyridine rings is 1. The molecule has 1 N–H and O–H groups in total. The molecule has 1 spiro atoms. The van der Waals surface area contributed by atoms with Gasteiger partial charge >= 0.3 is 12.1 Å². The van der Waals surface area contributed by atoms with Gasteiger partial charge in [-0.15, -0.1) is 11.8 Å². The van der Waals surface area contributed by atoms with Crippen molar-refractivity contribution in [3.8, 4) is 0 Å². The molecule has 0 bridgehead atoms. The van der Waals surface area contributed by atoms with Crippen LogP contribution in [0.3, 0.4) is 0 Å². The average Bonchev–Trinajstić information content (AvgIpc) is 3.31. The lowest BCUT2D eigenvalue weighted by molar-refractivity contribution is -0.192. The van der Waals surface area contributed by atoms with Gasteiger partial charge in [-0.25, -0.2) is 4.79 Å². The second kappa shape index (κ2) is 9.49. The van der Waals surface area contributed by atoms with Crippen molar-refractivity contribution in [1.29, 1.82) is 0 Å². The number of carbonyl (C=O) groups is 2. The molecular formula is C20H23F3N4O4S. The summed E-state index contributed by atoms with van der Waals surface area (Å²) in [7, 11) is 1.83. The second-order valence-electron chi connectivity index (χ2n) is 7.77. The molecule has 2 aromatic rings. The smallest absolute Gasteiger partial charge is 0.475 e.